The molecule has 6 rings (SSSR count). The maximum Gasteiger partial charge on any atom is 0.326 e. The van der Waals surface area contributed by atoms with Gasteiger partial charge in [0, 0.05) is 70.6 Å². The van der Waals surface area contributed by atoms with Gasteiger partial charge in [0.2, 0.25) is 59.1 Å². The quantitative estimate of drug-likeness (QED) is 0.0244. The van der Waals surface area contributed by atoms with Crippen LogP contribution in [0.5, 0.6) is 0 Å². The molecule has 113 heavy (non-hydrogen) atoms. The molecule has 0 spiro atoms. The second-order valence-corrected chi connectivity index (χ2v) is 30.2. The van der Waals surface area contributed by atoms with Crippen molar-refractivity contribution >= 4 is 97.7 Å². The Labute approximate surface area is 661 Å². The minimum Gasteiger partial charge on any atom is -0.480 e. The fourth-order valence-corrected chi connectivity index (χ4v) is 13.8. The third-order valence-corrected chi connectivity index (χ3v) is 20.1. The molecule has 28 N–H and O–H groups in total. The predicted molar refractivity (Wildman–Crippen MR) is 437 cm³/mol. The number of hydrogen-bond donors (Lipinski definition) is 21. The van der Waals surface area contributed by atoms with Crippen molar-refractivity contribution in [2.75, 3.05) is 39.3 Å². The highest BCUT2D eigenvalue weighted by Gasteiger charge is 2.38. The van der Waals surface area contributed by atoms with Crippen molar-refractivity contribution in [2.45, 2.75) is 242 Å². The number of benzene rings is 3. The SMILES string of the molecule is CC(C)C[C@@H](NC(=O)[C@H](N)CCCCN)C(=O)N[C@H](Cc1c[nH]c2ccccc12)C(=O)N[C@H](CCCCN)C(=O)N[C@H](CCCCN)C(=O)N[C@H](Cc1c[nH]c2ccccc12)C(=O)N[C@H](CCCCN)C(=O)N[C@H](CCCCN)C(=O)N[C@H](Cc1c[nH]c2ccccc12)C(=O)N[C@H](CC(C)C)C(=O)N[C@H](CCCCN)C(=O)O. The van der Waals surface area contributed by atoms with Crippen LogP contribution in [0.1, 0.15) is 173 Å². The maximum absolute atomic E-state index is 15.4. The number of aromatic amines is 3. The van der Waals surface area contributed by atoms with Crippen LogP contribution in [0.2, 0.25) is 0 Å². The van der Waals surface area contributed by atoms with Gasteiger partial charge < -0.3 is 113 Å². The Kier molecular flexibility index (Phi) is 39.9. The van der Waals surface area contributed by atoms with Crippen LogP contribution in [0, 0.1) is 11.8 Å². The first-order chi connectivity index (χ1) is 54.3. The summed E-state index contributed by atoms with van der Waals surface area (Å²) >= 11 is 0. The van der Waals surface area contributed by atoms with Crippen LogP contribution in [-0.4, -0.2) is 191 Å². The van der Waals surface area contributed by atoms with E-state index in [4.69, 9.17) is 40.1 Å². The molecule has 11 atom stereocenters. The van der Waals surface area contributed by atoms with Gasteiger partial charge in [-0.25, -0.2) is 4.79 Å². The highest BCUT2D eigenvalue weighted by atomic mass is 16.4. The van der Waals surface area contributed by atoms with Gasteiger partial charge in [0.1, 0.15) is 60.4 Å². The summed E-state index contributed by atoms with van der Waals surface area (Å²) in [7, 11) is 0. The van der Waals surface area contributed by atoms with Crippen LogP contribution in [0.3, 0.4) is 0 Å². The molecule has 3 aromatic carbocycles. The second-order valence-electron chi connectivity index (χ2n) is 30.2. The van der Waals surface area contributed by atoms with Crippen LogP contribution in [0.15, 0.2) is 91.4 Å². The van der Waals surface area contributed by atoms with E-state index >= 15 is 28.8 Å². The van der Waals surface area contributed by atoms with Gasteiger partial charge in [0.05, 0.1) is 6.04 Å². The Balaban J connectivity index is 1.31. The summed E-state index contributed by atoms with van der Waals surface area (Å²) in [4.78, 5) is 170. The van der Waals surface area contributed by atoms with Crippen LogP contribution >= 0.6 is 0 Å². The highest BCUT2D eigenvalue weighted by molar-refractivity contribution is 6.00. The molecule has 3 heterocycles. The van der Waals surface area contributed by atoms with E-state index in [1.807, 2.05) is 100 Å². The summed E-state index contributed by atoms with van der Waals surface area (Å²) < 4.78 is 0. The summed E-state index contributed by atoms with van der Waals surface area (Å²) in [5.74, 6) is -8.93. The van der Waals surface area contributed by atoms with E-state index < -0.39 is 132 Å². The van der Waals surface area contributed by atoms with E-state index in [0.29, 0.717) is 113 Å². The van der Waals surface area contributed by atoms with E-state index in [-0.39, 0.29) is 102 Å². The number of nitrogens with one attached hydrogen (secondary N) is 13. The minimum absolute atomic E-state index is 0.00142. The molecule has 0 bridgehead atoms. The molecule has 0 aliphatic heterocycles. The number of amides is 10. The summed E-state index contributed by atoms with van der Waals surface area (Å²) in [5.41, 5.74) is 45.8. The summed E-state index contributed by atoms with van der Waals surface area (Å²) in [6.07, 6.45) is 10.9. The molecule has 0 fully saturated rings. The molecule has 10 amide bonds. The van der Waals surface area contributed by atoms with Crippen molar-refractivity contribution in [2.24, 2.45) is 52.0 Å². The van der Waals surface area contributed by atoms with Crippen molar-refractivity contribution < 1.29 is 57.8 Å². The fraction of sp³-hybridized carbons (Fsp3) is 0.568. The molecule has 32 nitrogen and oxygen atoms in total. The van der Waals surface area contributed by atoms with Crippen molar-refractivity contribution in [3.63, 3.8) is 0 Å². The number of fused-ring (bicyclic) bond motifs is 3. The first kappa shape index (κ1) is 92.0. The monoisotopic (exact) mass is 1570 g/mol. The molecular formula is C81H126N20O12. The molecule has 3 aromatic heterocycles. The number of rotatable bonds is 55. The van der Waals surface area contributed by atoms with E-state index in [0.717, 1.165) is 32.7 Å². The van der Waals surface area contributed by atoms with Gasteiger partial charge in [-0.2, -0.15) is 0 Å². The lowest BCUT2D eigenvalue weighted by atomic mass is 9.99. The molecule has 622 valence electrons. The summed E-state index contributed by atoms with van der Waals surface area (Å²) in [6, 6.07) is 7.97. The van der Waals surface area contributed by atoms with Gasteiger partial charge in [0.15, 0.2) is 0 Å². The molecule has 0 aliphatic carbocycles. The van der Waals surface area contributed by atoms with E-state index in [1.54, 1.807) is 18.6 Å². The number of H-pyrrole nitrogens is 3. The van der Waals surface area contributed by atoms with Crippen LogP contribution < -0.4 is 93.3 Å². The van der Waals surface area contributed by atoms with Gasteiger partial charge in [-0.05, 0) is 208 Å². The lowest BCUT2D eigenvalue weighted by Gasteiger charge is -2.29. The number of aliphatic carboxylic acids is 1. The zero-order chi connectivity index (χ0) is 82.4. The van der Waals surface area contributed by atoms with Crippen LogP contribution in [-0.2, 0) is 72.0 Å². The van der Waals surface area contributed by atoms with Crippen molar-refractivity contribution in [3.8, 4) is 0 Å². The van der Waals surface area contributed by atoms with E-state index in [9.17, 15) is 29.1 Å². The average Bonchev–Trinajstić information content (AvgIpc) is 1.72. The van der Waals surface area contributed by atoms with Gasteiger partial charge >= 0.3 is 5.97 Å². The van der Waals surface area contributed by atoms with Gasteiger partial charge in [-0.15, -0.1) is 0 Å². The minimum atomic E-state index is -1.45. The van der Waals surface area contributed by atoms with E-state index in [2.05, 4.69) is 68.1 Å². The molecule has 0 unspecified atom stereocenters. The van der Waals surface area contributed by atoms with Crippen molar-refractivity contribution in [1.29, 1.82) is 0 Å². The summed E-state index contributed by atoms with van der Waals surface area (Å²) in [5, 5.41) is 40.7. The largest absolute Gasteiger partial charge is 0.480 e. The van der Waals surface area contributed by atoms with Gasteiger partial charge in [-0.3, -0.25) is 47.9 Å². The highest BCUT2D eigenvalue weighted by Crippen LogP contribution is 2.24. The molecule has 32 heteroatoms. The number of para-hydroxylation sites is 3. The van der Waals surface area contributed by atoms with Crippen LogP contribution in [0.25, 0.3) is 32.7 Å². The number of unbranched alkanes of at least 4 members (excludes halogenated alkanes) is 6. The lowest BCUT2D eigenvalue weighted by Crippen LogP contribution is -2.61. The lowest BCUT2D eigenvalue weighted by molar-refractivity contribution is -0.142. The first-order valence-electron chi connectivity index (χ1n) is 40.2. The fourth-order valence-electron chi connectivity index (χ4n) is 13.8. The number of carbonyl (C=O) groups is 11. The number of aromatic nitrogens is 3. The third kappa shape index (κ3) is 30.2. The molecule has 0 radical (unpaired) electrons. The van der Waals surface area contributed by atoms with Crippen molar-refractivity contribution in [1.82, 2.24) is 68.1 Å². The van der Waals surface area contributed by atoms with Gasteiger partial charge in [0.25, 0.3) is 0 Å². The maximum atomic E-state index is 15.4. The number of nitrogens with two attached hydrogens (primary N) is 7. The second kappa shape index (κ2) is 48.9. The molecule has 0 aliphatic rings. The van der Waals surface area contributed by atoms with Crippen LogP contribution in [0.4, 0.5) is 0 Å². The van der Waals surface area contributed by atoms with Gasteiger partial charge in [-0.1, -0.05) is 88.7 Å². The van der Waals surface area contributed by atoms with Crippen molar-refractivity contribution in [3.05, 3.63) is 108 Å². The molecule has 0 saturated heterocycles. The number of carbonyl (C=O) groups excluding carboxylic acids is 10. The Bertz CT molecular complexity index is 4010. The molecule has 6 aromatic rings. The zero-order valence-electron chi connectivity index (χ0n) is 66.2. The zero-order valence-corrected chi connectivity index (χ0v) is 66.2. The Morgan fingerprint density at radius 1 is 0.301 bits per heavy atom. The Morgan fingerprint density at radius 2 is 0.522 bits per heavy atom. The molecular weight excluding hydrogens is 1450 g/mol. The number of hydrogen-bond acceptors (Lipinski definition) is 18. The molecule has 0 saturated carbocycles. The first-order valence-corrected chi connectivity index (χ1v) is 40.2. The third-order valence-electron chi connectivity index (χ3n) is 20.1. The average molecular weight is 1570 g/mol. The summed E-state index contributed by atoms with van der Waals surface area (Å²) in [6.45, 7) is 9.14. The normalized spacial score (nSPS) is 14.5. The predicted octanol–water partition coefficient (Wildman–Crippen LogP) is 2.28. The Hall–Kier alpha value is -9.83. The smallest absolute Gasteiger partial charge is 0.326 e. The Morgan fingerprint density at radius 3 is 0.796 bits per heavy atom. The standard InChI is InChI=1S/C81H126N20O12/c1-49(2)41-66(97-71(102)57(88)26-11-17-35-82)77(108)101-69(44-52-47-90-59-28-9-6-24-55(52)59)79(110)95-62(31-13-19-37-84)73(104)92-63(32-14-20-38-85)74(105)99-68(43-51-46-89-58-27-8-5-23-54(51)58)78(109)94-61(30-12-18-36-83)72(103)93-64(33-15-21-39-86)75(106)100-70(45-53-48-91-60-29-10-7-25-56(53)60)80(111)98-67(42-50(3)4)76(107)96-65(81(112)113)34-16-22-40-87/h5-10,23-25,27-29,46-50,57,61-70,89-91H,11-22,26,30-45,82-88H2,1-4H3,(H,92,104)(H,93,103)(H,94,109)(H,95,110)(H,96,107)(H,97,102)(H,98,111)(H,99,105)(H,100,106)(H,101,108)(H,112,113)/t57-,61-,62-,63-,64-,65-,66-,67-,68-,69-,70-/m1/s1. The number of carboxylic acid groups (broad SMARTS) is 1. The van der Waals surface area contributed by atoms with E-state index in [1.165, 1.54) is 0 Å². The topological polar surface area (TPSA) is 558 Å². The number of carboxylic acids is 1.